The zero-order valence-electron chi connectivity index (χ0n) is 18.8. The summed E-state index contributed by atoms with van der Waals surface area (Å²) in [6.07, 6.45) is 16.6. The highest BCUT2D eigenvalue weighted by molar-refractivity contribution is 5.35. The van der Waals surface area contributed by atoms with Crippen LogP contribution in [0.1, 0.15) is 68.9 Å². The number of nitrogens with zero attached hydrogens (tertiary/aromatic N) is 4. The molecule has 3 rings (SSSR count). The van der Waals surface area contributed by atoms with Crippen molar-refractivity contribution in [3.63, 3.8) is 0 Å². The average molecular weight is 451 g/mol. The molecule has 8 heteroatoms. The van der Waals surface area contributed by atoms with Gasteiger partial charge in [0, 0.05) is 0 Å². The van der Waals surface area contributed by atoms with Crippen LogP contribution in [0.5, 0.6) is 0 Å². The van der Waals surface area contributed by atoms with Crippen molar-refractivity contribution >= 4 is 24.3 Å². The average Bonchev–Trinajstić information content (AvgIpc) is 2.85. The number of rotatable bonds is 8. The second-order valence-electron chi connectivity index (χ2n) is 8.66. The van der Waals surface area contributed by atoms with Gasteiger partial charge in [-0.25, -0.2) is 39.1 Å². The zero-order chi connectivity index (χ0) is 23.7. The highest BCUT2D eigenvalue weighted by atomic mass is 16.1. The van der Waals surface area contributed by atoms with Gasteiger partial charge in [0.15, 0.2) is 0 Å². The van der Waals surface area contributed by atoms with Crippen LogP contribution in [0.25, 0.3) is 0 Å². The first-order valence-corrected chi connectivity index (χ1v) is 11.5. The number of carbonyl (C=O) groups excluding carboxylic acids is 4. The van der Waals surface area contributed by atoms with Gasteiger partial charge in [0.05, 0.1) is 25.2 Å². The van der Waals surface area contributed by atoms with Gasteiger partial charge in [-0.3, -0.25) is 0 Å². The van der Waals surface area contributed by atoms with E-state index in [0.29, 0.717) is 13.1 Å². The Morgan fingerprint density at radius 2 is 1.06 bits per heavy atom. The highest BCUT2D eigenvalue weighted by Gasteiger charge is 2.26. The van der Waals surface area contributed by atoms with E-state index in [4.69, 9.17) is 0 Å². The van der Waals surface area contributed by atoms with Crippen LogP contribution in [-0.4, -0.2) is 36.4 Å². The van der Waals surface area contributed by atoms with Crippen LogP contribution in [-0.2, 0) is 32.3 Å². The van der Waals surface area contributed by atoms with Gasteiger partial charge in [-0.15, -0.1) is 0 Å². The maximum absolute atomic E-state index is 10.2. The van der Waals surface area contributed by atoms with Crippen molar-refractivity contribution in [2.45, 2.75) is 83.0 Å². The molecule has 1 aromatic rings. The molecule has 2 aliphatic rings. The molecule has 0 aromatic heterocycles. The van der Waals surface area contributed by atoms with Gasteiger partial charge in [0.2, 0.25) is 24.3 Å². The van der Waals surface area contributed by atoms with Gasteiger partial charge in [0.25, 0.3) is 0 Å². The van der Waals surface area contributed by atoms with Crippen molar-refractivity contribution in [2.24, 2.45) is 31.8 Å². The van der Waals surface area contributed by atoms with E-state index in [0.717, 1.165) is 48.6 Å². The van der Waals surface area contributed by atoms with Crippen molar-refractivity contribution in [1.82, 2.24) is 0 Å². The maximum Gasteiger partial charge on any atom is 0.235 e. The quantitative estimate of drug-likeness (QED) is 0.427. The normalized spacial score (nSPS) is 23.8. The number of isocyanates is 4. The summed E-state index contributed by atoms with van der Waals surface area (Å²) in [4.78, 5) is 54.8. The molecule has 0 unspecified atom stereocenters. The Hall–Kier alpha value is -3.26. The zero-order valence-corrected chi connectivity index (χ0v) is 18.8. The molecule has 0 aliphatic heterocycles. The second kappa shape index (κ2) is 15.5. The Labute approximate surface area is 194 Å². The minimum atomic E-state index is 0.228. The van der Waals surface area contributed by atoms with Crippen LogP contribution in [0.15, 0.2) is 44.2 Å². The SMILES string of the molecule is O=C=NC1CCC(CC2CCC(N=C=O)CC2)CC1.O=C=NCc1cccc(CN=C=O)c1. The summed E-state index contributed by atoms with van der Waals surface area (Å²) >= 11 is 0. The predicted octanol–water partition coefficient (Wildman–Crippen LogP) is 4.52. The molecule has 0 radical (unpaired) electrons. The van der Waals surface area contributed by atoms with Crippen LogP contribution >= 0.6 is 0 Å². The lowest BCUT2D eigenvalue weighted by Gasteiger charge is -2.31. The number of hydrogen-bond donors (Lipinski definition) is 0. The van der Waals surface area contributed by atoms with Crippen LogP contribution < -0.4 is 0 Å². The molecule has 8 nitrogen and oxygen atoms in total. The lowest BCUT2D eigenvalue weighted by Crippen LogP contribution is -2.23. The molecule has 2 saturated carbocycles. The molecular formula is C25H30N4O4. The second-order valence-corrected chi connectivity index (χ2v) is 8.66. The van der Waals surface area contributed by atoms with Gasteiger partial charge in [-0.05, 0) is 80.8 Å². The summed E-state index contributed by atoms with van der Waals surface area (Å²) in [5.74, 6) is 1.60. The van der Waals surface area contributed by atoms with Gasteiger partial charge in [0.1, 0.15) is 0 Å². The van der Waals surface area contributed by atoms with E-state index in [1.54, 1.807) is 12.2 Å². The van der Waals surface area contributed by atoms with E-state index < -0.39 is 0 Å². The summed E-state index contributed by atoms with van der Waals surface area (Å²) < 4.78 is 0. The molecule has 0 saturated heterocycles. The van der Waals surface area contributed by atoms with Crippen molar-refractivity contribution in [3.8, 4) is 0 Å². The lowest BCUT2D eigenvalue weighted by atomic mass is 9.76. The Bertz CT molecular complexity index is 852. The predicted molar refractivity (Wildman–Crippen MR) is 122 cm³/mol. The topological polar surface area (TPSA) is 118 Å². The van der Waals surface area contributed by atoms with E-state index in [9.17, 15) is 19.2 Å². The van der Waals surface area contributed by atoms with Crippen LogP contribution in [0.3, 0.4) is 0 Å². The Morgan fingerprint density at radius 3 is 1.42 bits per heavy atom. The minimum absolute atomic E-state index is 0.228. The van der Waals surface area contributed by atoms with Gasteiger partial charge in [-0.1, -0.05) is 24.3 Å². The van der Waals surface area contributed by atoms with E-state index in [-0.39, 0.29) is 12.1 Å². The molecule has 2 fully saturated rings. The summed E-state index contributed by atoms with van der Waals surface area (Å²) in [6, 6.07) is 7.80. The standard InChI is InChI=1S/C15H22N2O2.C10H8N2O2/c18-10-16-14-5-1-12(2-6-14)9-13-3-7-15(8-4-13)17-11-19;13-7-11-5-9-2-1-3-10(4-9)6-12-8-14/h12-15H,1-9H2;1-4H,5-6H2. The van der Waals surface area contributed by atoms with E-state index in [1.807, 2.05) is 24.3 Å². The Kier molecular flexibility index (Phi) is 12.2. The molecule has 33 heavy (non-hydrogen) atoms. The fourth-order valence-electron chi connectivity index (χ4n) is 4.71. The van der Waals surface area contributed by atoms with E-state index >= 15 is 0 Å². The van der Waals surface area contributed by atoms with Gasteiger partial charge < -0.3 is 0 Å². The number of hydrogen-bond acceptors (Lipinski definition) is 8. The Morgan fingerprint density at radius 1 is 0.636 bits per heavy atom. The molecule has 0 heterocycles. The summed E-state index contributed by atoms with van der Waals surface area (Å²) in [6.45, 7) is 0.615. The van der Waals surface area contributed by atoms with Crippen LogP contribution in [0.4, 0.5) is 0 Å². The molecule has 0 amide bonds. The maximum atomic E-state index is 10.2. The number of aliphatic imine (C=N–C) groups is 4. The smallest absolute Gasteiger partial charge is 0.211 e. The van der Waals surface area contributed by atoms with Crippen molar-refractivity contribution in [2.75, 3.05) is 0 Å². The molecule has 174 valence electrons. The summed E-state index contributed by atoms with van der Waals surface area (Å²) in [5.41, 5.74) is 1.79. The van der Waals surface area contributed by atoms with Crippen LogP contribution in [0, 0.1) is 11.8 Å². The first kappa shape index (κ1) is 26.0. The van der Waals surface area contributed by atoms with Crippen molar-refractivity contribution in [1.29, 1.82) is 0 Å². The van der Waals surface area contributed by atoms with Gasteiger partial charge in [-0.2, -0.15) is 0 Å². The third kappa shape index (κ3) is 10.3. The monoisotopic (exact) mass is 450 g/mol. The lowest BCUT2D eigenvalue weighted by molar-refractivity contribution is 0.226. The summed E-state index contributed by atoms with van der Waals surface area (Å²) in [5, 5.41) is 0. The molecule has 1 aromatic carbocycles. The van der Waals surface area contributed by atoms with E-state index in [1.165, 1.54) is 44.3 Å². The Balaban J connectivity index is 0.000000245. The molecular weight excluding hydrogens is 420 g/mol. The first-order valence-electron chi connectivity index (χ1n) is 11.5. The van der Waals surface area contributed by atoms with E-state index in [2.05, 4.69) is 20.0 Å². The van der Waals surface area contributed by atoms with Gasteiger partial charge >= 0.3 is 0 Å². The fourth-order valence-corrected chi connectivity index (χ4v) is 4.71. The van der Waals surface area contributed by atoms with Crippen molar-refractivity contribution < 1.29 is 19.2 Å². The molecule has 2 aliphatic carbocycles. The van der Waals surface area contributed by atoms with Crippen LogP contribution in [0.2, 0.25) is 0 Å². The first-order chi connectivity index (χ1) is 16.2. The molecule has 0 N–H and O–H groups in total. The molecule has 0 bridgehead atoms. The minimum Gasteiger partial charge on any atom is -0.211 e. The third-order valence-corrected chi connectivity index (χ3v) is 6.41. The third-order valence-electron chi connectivity index (χ3n) is 6.41. The number of benzene rings is 1. The van der Waals surface area contributed by atoms with Crippen molar-refractivity contribution in [3.05, 3.63) is 35.4 Å². The fraction of sp³-hybridized carbons (Fsp3) is 0.600. The molecule has 0 atom stereocenters. The molecule has 0 spiro atoms. The largest absolute Gasteiger partial charge is 0.235 e. The highest BCUT2D eigenvalue weighted by Crippen LogP contribution is 2.36. The summed E-state index contributed by atoms with van der Waals surface area (Å²) in [7, 11) is 0.